The number of carbonyl (C=O) groups is 3. The van der Waals surface area contributed by atoms with E-state index in [0.717, 1.165) is 0 Å². The molecule has 0 atom stereocenters. The third-order valence-corrected chi connectivity index (χ3v) is 1.92. The molecule has 0 aliphatic carbocycles. The Bertz CT molecular complexity index is 334. The fourth-order valence-electron chi connectivity index (χ4n) is 1.05. The van der Waals surface area contributed by atoms with Crippen LogP contribution in [0.25, 0.3) is 0 Å². The average Bonchev–Trinajstić information content (AvgIpc) is 2.30. The number of amides is 1. The molecular weight excluding hydrogens is 254 g/mol. The van der Waals surface area contributed by atoms with Crippen molar-refractivity contribution in [3.05, 3.63) is 0 Å². The first kappa shape index (κ1) is 17.2. The van der Waals surface area contributed by atoms with E-state index in [9.17, 15) is 14.4 Å². The number of esters is 2. The van der Waals surface area contributed by atoms with Crippen molar-refractivity contribution in [3.63, 3.8) is 0 Å². The van der Waals surface area contributed by atoms with E-state index in [1.165, 1.54) is 19.1 Å². The molecule has 1 amide bonds. The second kappa shape index (κ2) is 7.60. The van der Waals surface area contributed by atoms with Crippen LogP contribution in [-0.2, 0) is 23.8 Å². The van der Waals surface area contributed by atoms with Crippen molar-refractivity contribution in [2.75, 3.05) is 27.3 Å². The van der Waals surface area contributed by atoms with Gasteiger partial charge >= 0.3 is 18.0 Å². The van der Waals surface area contributed by atoms with E-state index in [0.29, 0.717) is 0 Å². The molecule has 0 aromatic carbocycles. The first-order valence-electron chi connectivity index (χ1n) is 5.82. The number of carbonyl (C=O) groups excluding carboxylic acids is 3. The number of methoxy groups -OCH3 is 1. The molecule has 0 unspecified atom stereocenters. The molecule has 0 saturated heterocycles. The summed E-state index contributed by atoms with van der Waals surface area (Å²) in [4.78, 5) is 34.8. The lowest BCUT2D eigenvalue weighted by molar-refractivity contribution is -0.158. The van der Waals surface area contributed by atoms with Gasteiger partial charge in [-0.05, 0) is 20.8 Å². The molecule has 0 fully saturated rings. The molecule has 0 N–H and O–H groups in total. The molecule has 0 rings (SSSR count). The second-order valence-corrected chi connectivity index (χ2v) is 4.89. The summed E-state index contributed by atoms with van der Waals surface area (Å²) in [5, 5.41) is 0. The molecule has 7 nitrogen and oxygen atoms in total. The van der Waals surface area contributed by atoms with E-state index in [-0.39, 0.29) is 13.0 Å². The van der Waals surface area contributed by atoms with Crippen LogP contribution in [0, 0.1) is 0 Å². The highest BCUT2D eigenvalue weighted by Crippen LogP contribution is 2.07. The van der Waals surface area contributed by atoms with Gasteiger partial charge in [-0.1, -0.05) is 0 Å². The van der Waals surface area contributed by atoms with Gasteiger partial charge in [-0.15, -0.1) is 0 Å². The van der Waals surface area contributed by atoms with Crippen LogP contribution >= 0.6 is 0 Å². The minimum Gasteiger partial charge on any atom is -0.469 e. The van der Waals surface area contributed by atoms with Gasteiger partial charge < -0.3 is 19.1 Å². The zero-order valence-corrected chi connectivity index (χ0v) is 12.0. The molecule has 0 aliphatic heterocycles. The van der Waals surface area contributed by atoms with Crippen molar-refractivity contribution in [1.29, 1.82) is 0 Å². The normalized spacial score (nSPS) is 10.6. The van der Waals surface area contributed by atoms with Gasteiger partial charge in [-0.2, -0.15) is 0 Å². The third kappa shape index (κ3) is 8.87. The fraction of sp³-hybridized carbons (Fsp3) is 0.750. The molecule has 0 bridgehead atoms. The molecule has 0 aliphatic rings. The van der Waals surface area contributed by atoms with Crippen molar-refractivity contribution >= 4 is 18.0 Å². The largest absolute Gasteiger partial charge is 0.469 e. The van der Waals surface area contributed by atoms with Gasteiger partial charge in [0.25, 0.3) is 0 Å². The molecule has 0 saturated carbocycles. The summed E-state index contributed by atoms with van der Waals surface area (Å²) in [6.07, 6.45) is -0.635. The molecule has 0 aromatic heterocycles. The molecular formula is C12H21NO6. The summed E-state index contributed by atoms with van der Waals surface area (Å²) in [7, 11) is 2.73. The number of rotatable bonds is 5. The molecule has 110 valence electrons. The van der Waals surface area contributed by atoms with Gasteiger partial charge in [-0.3, -0.25) is 4.79 Å². The summed E-state index contributed by atoms with van der Waals surface area (Å²) in [5.74, 6) is -1.05. The Hall–Kier alpha value is -1.79. The van der Waals surface area contributed by atoms with Crippen LogP contribution in [0.3, 0.4) is 0 Å². The molecule has 7 heteroatoms. The topological polar surface area (TPSA) is 82.1 Å². The zero-order valence-electron chi connectivity index (χ0n) is 12.0. The van der Waals surface area contributed by atoms with Crippen LogP contribution in [-0.4, -0.2) is 55.8 Å². The summed E-state index contributed by atoms with van der Waals surface area (Å²) in [6.45, 7) is 4.85. The maximum atomic E-state index is 11.5. The SMILES string of the molecule is COC(=O)CCN(C)C(=O)OCC(=O)OC(C)(C)C. The Morgan fingerprint density at radius 1 is 1.11 bits per heavy atom. The number of nitrogens with zero attached hydrogens (tertiary/aromatic N) is 1. The van der Waals surface area contributed by atoms with Crippen LogP contribution in [0.5, 0.6) is 0 Å². The van der Waals surface area contributed by atoms with Crippen LogP contribution in [0.2, 0.25) is 0 Å². The predicted molar refractivity (Wildman–Crippen MR) is 66.5 cm³/mol. The van der Waals surface area contributed by atoms with Gasteiger partial charge in [-0.25, -0.2) is 9.59 Å². The summed E-state index contributed by atoms with van der Waals surface area (Å²) in [6, 6.07) is 0. The summed E-state index contributed by atoms with van der Waals surface area (Å²) in [5.41, 5.74) is -0.625. The average molecular weight is 275 g/mol. The van der Waals surface area contributed by atoms with Crippen molar-refractivity contribution in [3.8, 4) is 0 Å². The highest BCUT2D eigenvalue weighted by atomic mass is 16.6. The fourth-order valence-corrected chi connectivity index (χ4v) is 1.05. The smallest absolute Gasteiger partial charge is 0.410 e. The lowest BCUT2D eigenvalue weighted by Gasteiger charge is -2.20. The second-order valence-electron chi connectivity index (χ2n) is 4.89. The van der Waals surface area contributed by atoms with Crippen LogP contribution in [0.15, 0.2) is 0 Å². The Morgan fingerprint density at radius 2 is 1.68 bits per heavy atom. The van der Waals surface area contributed by atoms with E-state index in [2.05, 4.69) is 4.74 Å². The van der Waals surface area contributed by atoms with Crippen molar-refractivity contribution < 1.29 is 28.6 Å². The molecule has 0 aromatic rings. The van der Waals surface area contributed by atoms with E-state index in [4.69, 9.17) is 9.47 Å². The first-order chi connectivity index (χ1) is 8.65. The lowest BCUT2D eigenvalue weighted by Crippen LogP contribution is -2.33. The maximum Gasteiger partial charge on any atom is 0.410 e. The standard InChI is InChI=1S/C12H21NO6/c1-12(2,3)19-10(15)8-18-11(16)13(4)7-6-9(14)17-5/h6-8H2,1-5H3. The minimum absolute atomic E-state index is 0.0640. The maximum absolute atomic E-state index is 11.5. The molecule has 0 spiro atoms. The Balaban J connectivity index is 3.97. The monoisotopic (exact) mass is 275 g/mol. The summed E-state index contributed by atoms with van der Waals surface area (Å²) >= 11 is 0. The minimum atomic E-state index is -0.699. The van der Waals surface area contributed by atoms with Crippen LogP contribution in [0.1, 0.15) is 27.2 Å². The quantitative estimate of drug-likeness (QED) is 0.549. The van der Waals surface area contributed by atoms with Gasteiger partial charge in [0.15, 0.2) is 6.61 Å². The number of hydrogen-bond acceptors (Lipinski definition) is 6. The Labute approximate surface area is 112 Å². The van der Waals surface area contributed by atoms with E-state index < -0.39 is 30.2 Å². The van der Waals surface area contributed by atoms with Gasteiger partial charge in [0.2, 0.25) is 0 Å². The van der Waals surface area contributed by atoms with Crippen molar-refractivity contribution in [1.82, 2.24) is 4.90 Å². The first-order valence-corrected chi connectivity index (χ1v) is 5.82. The zero-order chi connectivity index (χ0) is 15.1. The van der Waals surface area contributed by atoms with Gasteiger partial charge in [0.1, 0.15) is 5.60 Å². The Morgan fingerprint density at radius 3 is 2.16 bits per heavy atom. The van der Waals surface area contributed by atoms with Gasteiger partial charge in [0, 0.05) is 13.6 Å². The molecule has 19 heavy (non-hydrogen) atoms. The summed E-state index contributed by atoms with van der Waals surface area (Å²) < 4.78 is 14.2. The number of hydrogen-bond donors (Lipinski definition) is 0. The molecule has 0 heterocycles. The third-order valence-electron chi connectivity index (χ3n) is 1.92. The van der Waals surface area contributed by atoms with E-state index in [1.807, 2.05) is 0 Å². The number of ether oxygens (including phenoxy) is 3. The highest BCUT2D eigenvalue weighted by Gasteiger charge is 2.19. The van der Waals surface area contributed by atoms with Gasteiger partial charge in [0.05, 0.1) is 13.5 Å². The lowest BCUT2D eigenvalue weighted by atomic mass is 10.2. The van der Waals surface area contributed by atoms with Crippen molar-refractivity contribution in [2.45, 2.75) is 32.8 Å². The van der Waals surface area contributed by atoms with Crippen molar-refractivity contribution in [2.24, 2.45) is 0 Å². The van der Waals surface area contributed by atoms with Crippen LogP contribution in [0.4, 0.5) is 4.79 Å². The van der Waals surface area contributed by atoms with E-state index >= 15 is 0 Å². The van der Waals surface area contributed by atoms with Crippen LogP contribution < -0.4 is 0 Å². The predicted octanol–water partition coefficient (Wildman–Crippen LogP) is 0.960. The van der Waals surface area contributed by atoms with E-state index in [1.54, 1.807) is 20.8 Å². The Kier molecular flexibility index (Phi) is 6.89. The molecule has 0 radical (unpaired) electrons. The highest BCUT2D eigenvalue weighted by molar-refractivity contribution is 5.76.